The Morgan fingerprint density at radius 1 is 0.962 bits per heavy atom. The van der Waals surface area contributed by atoms with Crippen molar-refractivity contribution in [1.82, 2.24) is 0 Å². The number of hydrogen-bond donors (Lipinski definition) is 0. The van der Waals surface area contributed by atoms with Gasteiger partial charge in [0.25, 0.3) is 0 Å². The maximum Gasteiger partial charge on any atom is 0.0194 e. The van der Waals surface area contributed by atoms with Crippen LogP contribution in [-0.2, 0) is 18.3 Å². The first-order chi connectivity index (χ1) is 12.4. The quantitative estimate of drug-likeness (QED) is 0.514. The maximum absolute atomic E-state index is 2.45. The smallest absolute Gasteiger partial charge is 0.0194 e. The number of rotatable bonds is 1. The summed E-state index contributed by atoms with van der Waals surface area (Å²) in [5.74, 6) is 0. The lowest BCUT2D eigenvalue weighted by atomic mass is 9.72. The number of allylic oxidation sites excluding steroid dienone is 1. The molecule has 1 aliphatic heterocycles. The first kappa shape index (κ1) is 17.7. The molecule has 0 aromatic heterocycles. The van der Waals surface area contributed by atoms with Gasteiger partial charge in [-0.1, -0.05) is 73.1 Å². The van der Waals surface area contributed by atoms with Crippen molar-refractivity contribution in [2.45, 2.75) is 58.8 Å². The standard InChI is InChI=1S/C25H28S/c1-17-7-8-19-15-24(26-16-18(2)13-22(19)12-17)21-9-10-23-20(14-21)6-5-11-25(23,3)4/h7-10,12,14-16H,5-6,11,13H2,1-4H3/b18-16+,24-15?. The van der Waals surface area contributed by atoms with Gasteiger partial charge < -0.3 is 0 Å². The lowest BCUT2D eigenvalue weighted by Crippen LogP contribution is -2.23. The predicted octanol–water partition coefficient (Wildman–Crippen LogP) is 7.30. The molecule has 0 spiro atoms. The van der Waals surface area contributed by atoms with E-state index in [1.54, 1.807) is 11.1 Å². The predicted molar refractivity (Wildman–Crippen MR) is 117 cm³/mol. The summed E-state index contributed by atoms with van der Waals surface area (Å²) in [4.78, 5) is 1.36. The highest BCUT2D eigenvalue weighted by atomic mass is 32.2. The highest BCUT2D eigenvalue weighted by Gasteiger charge is 2.27. The Bertz CT molecular complexity index is 912. The lowest BCUT2D eigenvalue weighted by molar-refractivity contribution is 0.432. The number of hydrogen-bond acceptors (Lipinski definition) is 1. The van der Waals surface area contributed by atoms with Crippen molar-refractivity contribution in [2.75, 3.05) is 0 Å². The van der Waals surface area contributed by atoms with E-state index in [2.05, 4.69) is 75.6 Å². The fourth-order valence-electron chi connectivity index (χ4n) is 4.33. The summed E-state index contributed by atoms with van der Waals surface area (Å²) < 4.78 is 0. The minimum absolute atomic E-state index is 0.315. The van der Waals surface area contributed by atoms with E-state index in [0.29, 0.717) is 5.41 Å². The van der Waals surface area contributed by atoms with Crippen LogP contribution in [0.5, 0.6) is 0 Å². The van der Waals surface area contributed by atoms with Gasteiger partial charge in [-0.3, -0.25) is 0 Å². The van der Waals surface area contributed by atoms with Crippen molar-refractivity contribution < 1.29 is 0 Å². The van der Waals surface area contributed by atoms with E-state index in [-0.39, 0.29) is 0 Å². The lowest BCUT2D eigenvalue weighted by Gasteiger charge is -2.33. The molecule has 2 aromatic rings. The van der Waals surface area contributed by atoms with Gasteiger partial charge in [0.2, 0.25) is 0 Å². The average molecular weight is 361 g/mol. The molecule has 26 heavy (non-hydrogen) atoms. The Morgan fingerprint density at radius 2 is 1.81 bits per heavy atom. The fraction of sp³-hybridized carbons (Fsp3) is 0.360. The zero-order valence-corrected chi connectivity index (χ0v) is 17.2. The molecule has 134 valence electrons. The molecule has 0 unspecified atom stereocenters. The third kappa shape index (κ3) is 3.42. The summed E-state index contributed by atoms with van der Waals surface area (Å²) in [5.41, 5.74) is 10.4. The van der Waals surface area contributed by atoms with E-state index in [1.807, 2.05) is 11.8 Å². The second-order valence-corrected chi connectivity index (χ2v) is 9.49. The second kappa shape index (κ2) is 6.78. The van der Waals surface area contributed by atoms with E-state index in [0.717, 1.165) is 6.42 Å². The van der Waals surface area contributed by atoms with Crippen LogP contribution in [0.3, 0.4) is 0 Å². The number of aryl methyl sites for hydroxylation is 2. The molecule has 2 aliphatic rings. The van der Waals surface area contributed by atoms with Crippen molar-refractivity contribution in [1.29, 1.82) is 0 Å². The Morgan fingerprint density at radius 3 is 2.65 bits per heavy atom. The third-order valence-electron chi connectivity index (χ3n) is 5.81. The topological polar surface area (TPSA) is 0 Å². The second-order valence-electron chi connectivity index (χ2n) is 8.58. The summed E-state index contributed by atoms with van der Waals surface area (Å²) in [6.07, 6.45) is 7.25. The number of benzene rings is 2. The average Bonchev–Trinajstić information content (AvgIpc) is 2.58. The summed E-state index contributed by atoms with van der Waals surface area (Å²) >= 11 is 1.88. The van der Waals surface area contributed by atoms with Gasteiger partial charge in [-0.05, 0) is 84.2 Å². The molecule has 1 heteroatoms. The normalized spacial score (nSPS) is 20.8. The first-order valence-corrected chi connectivity index (χ1v) is 10.6. The van der Waals surface area contributed by atoms with Crippen LogP contribution in [0.1, 0.15) is 67.0 Å². The highest BCUT2D eigenvalue weighted by molar-refractivity contribution is 8.11. The summed E-state index contributed by atoms with van der Waals surface area (Å²) in [7, 11) is 0. The maximum atomic E-state index is 2.45. The van der Waals surface area contributed by atoms with Crippen LogP contribution in [0.15, 0.2) is 47.4 Å². The Balaban J connectivity index is 1.80. The van der Waals surface area contributed by atoms with Gasteiger partial charge in [0.15, 0.2) is 0 Å². The summed E-state index contributed by atoms with van der Waals surface area (Å²) in [6, 6.07) is 14.0. The minimum Gasteiger partial charge on any atom is -0.0975 e. The molecule has 0 fully saturated rings. The van der Waals surface area contributed by atoms with Gasteiger partial charge in [0, 0.05) is 4.91 Å². The van der Waals surface area contributed by atoms with Crippen LogP contribution >= 0.6 is 11.8 Å². The van der Waals surface area contributed by atoms with Crippen LogP contribution in [0, 0.1) is 6.92 Å². The van der Waals surface area contributed by atoms with Crippen LogP contribution in [0.25, 0.3) is 11.0 Å². The van der Waals surface area contributed by atoms with Crippen LogP contribution in [0.4, 0.5) is 0 Å². The number of thioether (sulfide) groups is 1. The largest absolute Gasteiger partial charge is 0.0975 e. The van der Waals surface area contributed by atoms with E-state index in [9.17, 15) is 0 Å². The molecule has 0 bridgehead atoms. The van der Waals surface area contributed by atoms with Crippen molar-refractivity contribution in [3.63, 3.8) is 0 Å². The molecule has 0 atom stereocenters. The van der Waals surface area contributed by atoms with Crippen LogP contribution < -0.4 is 0 Å². The minimum atomic E-state index is 0.315. The van der Waals surface area contributed by atoms with Crippen molar-refractivity contribution in [3.05, 3.63) is 80.8 Å². The Labute approximate surface area is 162 Å². The van der Waals surface area contributed by atoms with Crippen molar-refractivity contribution in [2.24, 2.45) is 0 Å². The molecular weight excluding hydrogens is 332 g/mol. The summed E-state index contributed by atoms with van der Waals surface area (Å²) in [5, 5.41) is 2.33. The Kier molecular flexibility index (Phi) is 4.61. The molecule has 0 N–H and O–H groups in total. The van der Waals surface area contributed by atoms with Gasteiger partial charge in [0.1, 0.15) is 0 Å². The third-order valence-corrected chi connectivity index (χ3v) is 6.94. The zero-order valence-electron chi connectivity index (χ0n) is 16.4. The fourth-order valence-corrected chi connectivity index (χ4v) is 5.20. The summed E-state index contributed by atoms with van der Waals surface area (Å²) in [6.45, 7) is 9.21. The molecule has 1 heterocycles. The van der Waals surface area contributed by atoms with Crippen LogP contribution in [0.2, 0.25) is 0 Å². The molecular formula is C25H28S. The molecule has 0 radical (unpaired) electrons. The monoisotopic (exact) mass is 360 g/mol. The van der Waals surface area contributed by atoms with Gasteiger partial charge in [-0.25, -0.2) is 0 Å². The molecule has 4 rings (SSSR count). The SMILES string of the molecule is C/C1=C\SC(c2ccc3c(c2)CCCC3(C)C)=Cc2ccc(C)cc2C1. The molecule has 0 saturated carbocycles. The zero-order chi connectivity index (χ0) is 18.3. The highest BCUT2D eigenvalue weighted by Crippen LogP contribution is 2.40. The van der Waals surface area contributed by atoms with Gasteiger partial charge in [-0.2, -0.15) is 0 Å². The van der Waals surface area contributed by atoms with Gasteiger partial charge >= 0.3 is 0 Å². The first-order valence-electron chi connectivity index (χ1n) is 9.70. The van der Waals surface area contributed by atoms with Gasteiger partial charge in [0.05, 0.1) is 0 Å². The van der Waals surface area contributed by atoms with Gasteiger partial charge in [-0.15, -0.1) is 0 Å². The molecule has 1 aliphatic carbocycles. The van der Waals surface area contributed by atoms with E-state index < -0.39 is 0 Å². The molecule has 0 nitrogen and oxygen atoms in total. The van der Waals surface area contributed by atoms with Crippen molar-refractivity contribution >= 4 is 22.7 Å². The van der Waals surface area contributed by atoms with E-state index in [4.69, 9.17) is 0 Å². The Hall–Kier alpha value is -1.73. The molecule has 0 saturated heterocycles. The van der Waals surface area contributed by atoms with E-state index in [1.165, 1.54) is 52.0 Å². The van der Waals surface area contributed by atoms with E-state index >= 15 is 0 Å². The molecule has 2 aromatic carbocycles. The molecule has 0 amide bonds. The van der Waals surface area contributed by atoms with Crippen LogP contribution in [-0.4, -0.2) is 0 Å². The number of fused-ring (bicyclic) bond motifs is 2. The van der Waals surface area contributed by atoms with Crippen molar-refractivity contribution in [3.8, 4) is 0 Å².